The number of carbonyl (C=O) groups is 1. The molecule has 1 heterocycles. The largest absolute Gasteiger partial charge is 0.395 e. The molecule has 2 N–H and O–H groups in total. The van der Waals surface area contributed by atoms with Gasteiger partial charge in [0.2, 0.25) is 15.8 Å². The SMILES string of the molecule is Cc1cc(Br)ccc1C(=O)c1ccc(Cc2ccc(NS(=O)(=O)CCO)cc2F)n1C. The van der Waals surface area contributed by atoms with E-state index in [0.717, 1.165) is 21.8 Å². The Morgan fingerprint density at radius 1 is 1.16 bits per heavy atom. The number of hydrogen-bond donors (Lipinski definition) is 2. The first-order valence-corrected chi connectivity index (χ1v) is 11.9. The van der Waals surface area contributed by atoms with Gasteiger partial charge < -0.3 is 9.67 Å². The molecule has 0 aliphatic heterocycles. The van der Waals surface area contributed by atoms with Crippen LogP contribution in [-0.2, 0) is 23.5 Å². The van der Waals surface area contributed by atoms with Crippen LogP contribution in [0.3, 0.4) is 0 Å². The van der Waals surface area contributed by atoms with Crippen molar-refractivity contribution < 1.29 is 22.7 Å². The van der Waals surface area contributed by atoms with Gasteiger partial charge in [-0.1, -0.05) is 22.0 Å². The highest BCUT2D eigenvalue weighted by Crippen LogP contribution is 2.23. The molecule has 164 valence electrons. The second-order valence-electron chi connectivity index (χ2n) is 7.18. The van der Waals surface area contributed by atoms with Gasteiger partial charge in [-0.05, 0) is 60.5 Å². The first-order chi connectivity index (χ1) is 14.6. The third-order valence-corrected chi connectivity index (χ3v) is 6.71. The van der Waals surface area contributed by atoms with Crippen molar-refractivity contribution in [1.82, 2.24) is 4.57 Å². The van der Waals surface area contributed by atoms with Crippen LogP contribution in [0.5, 0.6) is 0 Å². The number of rotatable bonds is 8. The molecule has 0 fully saturated rings. The number of nitrogens with zero attached hydrogens (tertiary/aromatic N) is 1. The Balaban J connectivity index is 1.81. The van der Waals surface area contributed by atoms with Crippen molar-refractivity contribution in [2.24, 2.45) is 7.05 Å². The maximum absolute atomic E-state index is 14.6. The Hall–Kier alpha value is -2.49. The highest BCUT2D eigenvalue weighted by molar-refractivity contribution is 9.10. The predicted molar refractivity (Wildman–Crippen MR) is 121 cm³/mol. The van der Waals surface area contributed by atoms with Gasteiger partial charge in [-0.3, -0.25) is 9.52 Å². The number of benzene rings is 2. The van der Waals surface area contributed by atoms with Gasteiger partial charge in [0.1, 0.15) is 5.82 Å². The van der Waals surface area contributed by atoms with Crippen molar-refractivity contribution >= 4 is 37.4 Å². The molecule has 0 saturated carbocycles. The highest BCUT2D eigenvalue weighted by atomic mass is 79.9. The molecular formula is C22H22BrFN2O4S. The number of sulfonamides is 1. The number of carbonyl (C=O) groups excluding carboxylic acids is 1. The van der Waals surface area contributed by atoms with E-state index in [1.54, 1.807) is 29.8 Å². The Kier molecular flexibility index (Phi) is 6.98. The number of nitrogens with one attached hydrogen (secondary N) is 1. The van der Waals surface area contributed by atoms with Crippen LogP contribution in [0.15, 0.2) is 53.0 Å². The van der Waals surface area contributed by atoms with E-state index in [9.17, 15) is 17.6 Å². The van der Waals surface area contributed by atoms with Crippen LogP contribution >= 0.6 is 15.9 Å². The Morgan fingerprint density at radius 2 is 1.90 bits per heavy atom. The lowest BCUT2D eigenvalue weighted by molar-refractivity contribution is 0.103. The number of halogens is 2. The lowest BCUT2D eigenvalue weighted by Crippen LogP contribution is -2.19. The fraction of sp³-hybridized carbons (Fsp3) is 0.227. The third-order valence-electron chi connectivity index (χ3n) is 4.95. The molecule has 0 radical (unpaired) electrons. The standard InChI is InChI=1S/C22H22BrFN2O4S/c1-14-11-16(23)4-7-19(14)22(28)21-8-6-18(26(21)2)12-15-3-5-17(13-20(15)24)25-31(29,30)10-9-27/h3-8,11,13,25,27H,9-10,12H2,1-2H3. The summed E-state index contributed by atoms with van der Waals surface area (Å²) in [5.74, 6) is -1.15. The summed E-state index contributed by atoms with van der Waals surface area (Å²) in [5, 5.41) is 8.79. The molecule has 6 nitrogen and oxygen atoms in total. The Labute approximate surface area is 188 Å². The molecule has 0 unspecified atom stereocenters. The quantitative estimate of drug-likeness (QED) is 0.453. The van der Waals surface area contributed by atoms with Gasteiger partial charge in [-0.15, -0.1) is 0 Å². The molecular weight excluding hydrogens is 487 g/mol. The third kappa shape index (κ3) is 5.41. The minimum absolute atomic E-state index is 0.0863. The lowest BCUT2D eigenvalue weighted by atomic mass is 10.0. The number of aryl methyl sites for hydroxylation is 1. The number of anilines is 1. The van der Waals surface area contributed by atoms with Crippen molar-refractivity contribution in [1.29, 1.82) is 0 Å². The molecule has 0 atom stereocenters. The fourth-order valence-corrected chi connectivity index (χ4v) is 4.58. The Morgan fingerprint density at radius 3 is 2.55 bits per heavy atom. The number of aromatic nitrogens is 1. The summed E-state index contributed by atoms with van der Waals surface area (Å²) in [7, 11) is -1.97. The maximum Gasteiger partial charge on any atom is 0.234 e. The lowest BCUT2D eigenvalue weighted by Gasteiger charge is -2.11. The molecule has 1 aromatic heterocycles. The first-order valence-electron chi connectivity index (χ1n) is 9.46. The van der Waals surface area contributed by atoms with E-state index in [0.29, 0.717) is 16.8 Å². The topological polar surface area (TPSA) is 88.4 Å². The molecule has 2 aromatic carbocycles. The van der Waals surface area contributed by atoms with E-state index in [1.165, 1.54) is 12.1 Å². The molecule has 0 amide bonds. The highest BCUT2D eigenvalue weighted by Gasteiger charge is 2.18. The Bertz CT molecular complexity index is 1240. The molecule has 3 aromatic rings. The zero-order chi connectivity index (χ0) is 22.8. The van der Waals surface area contributed by atoms with Gasteiger partial charge in [0.15, 0.2) is 0 Å². The van der Waals surface area contributed by atoms with Crippen molar-refractivity contribution in [2.75, 3.05) is 17.1 Å². The minimum atomic E-state index is -3.73. The first kappa shape index (κ1) is 23.2. The molecule has 0 aliphatic carbocycles. The minimum Gasteiger partial charge on any atom is -0.395 e. The van der Waals surface area contributed by atoms with Gasteiger partial charge >= 0.3 is 0 Å². The van der Waals surface area contributed by atoms with E-state index in [4.69, 9.17) is 5.11 Å². The van der Waals surface area contributed by atoms with E-state index >= 15 is 0 Å². The number of aliphatic hydroxyl groups is 1. The van der Waals surface area contributed by atoms with Crippen LogP contribution < -0.4 is 4.72 Å². The summed E-state index contributed by atoms with van der Waals surface area (Å²) < 4.78 is 42.9. The molecule has 9 heteroatoms. The second kappa shape index (κ2) is 9.33. The molecule has 0 spiro atoms. The van der Waals surface area contributed by atoms with Crippen LogP contribution in [0.25, 0.3) is 0 Å². The monoisotopic (exact) mass is 508 g/mol. The average Bonchev–Trinajstić information content (AvgIpc) is 3.03. The van der Waals surface area contributed by atoms with Crippen molar-refractivity contribution in [2.45, 2.75) is 13.3 Å². The second-order valence-corrected chi connectivity index (χ2v) is 9.94. The smallest absolute Gasteiger partial charge is 0.234 e. The molecule has 0 saturated heterocycles. The van der Waals surface area contributed by atoms with Gasteiger partial charge in [0, 0.05) is 29.2 Å². The predicted octanol–water partition coefficient (Wildman–Crippen LogP) is 3.79. The van der Waals surface area contributed by atoms with Crippen LogP contribution in [0.4, 0.5) is 10.1 Å². The average molecular weight is 509 g/mol. The summed E-state index contributed by atoms with van der Waals surface area (Å²) in [6.45, 7) is 1.35. The van der Waals surface area contributed by atoms with Gasteiger partial charge in [-0.25, -0.2) is 12.8 Å². The van der Waals surface area contributed by atoms with E-state index in [-0.39, 0.29) is 17.9 Å². The van der Waals surface area contributed by atoms with Crippen LogP contribution in [0.2, 0.25) is 0 Å². The van der Waals surface area contributed by atoms with Crippen LogP contribution in [-0.4, -0.2) is 36.2 Å². The number of aliphatic hydroxyl groups excluding tert-OH is 1. The zero-order valence-electron chi connectivity index (χ0n) is 17.0. The summed E-state index contributed by atoms with van der Waals surface area (Å²) in [4.78, 5) is 13.0. The normalized spacial score (nSPS) is 11.5. The molecule has 31 heavy (non-hydrogen) atoms. The fourth-order valence-electron chi connectivity index (χ4n) is 3.28. The summed E-state index contributed by atoms with van der Waals surface area (Å²) in [5.41, 5.74) is 3.14. The van der Waals surface area contributed by atoms with E-state index in [2.05, 4.69) is 20.7 Å². The van der Waals surface area contributed by atoms with Crippen LogP contribution in [0.1, 0.15) is 32.9 Å². The van der Waals surface area contributed by atoms with Crippen molar-refractivity contribution in [3.05, 3.63) is 86.9 Å². The van der Waals surface area contributed by atoms with Gasteiger partial charge in [0.05, 0.1) is 23.7 Å². The van der Waals surface area contributed by atoms with E-state index in [1.807, 2.05) is 19.1 Å². The zero-order valence-corrected chi connectivity index (χ0v) is 19.4. The van der Waals surface area contributed by atoms with Crippen molar-refractivity contribution in [3.8, 4) is 0 Å². The van der Waals surface area contributed by atoms with Crippen molar-refractivity contribution in [3.63, 3.8) is 0 Å². The molecule has 0 aliphatic rings. The summed E-state index contributed by atoms with van der Waals surface area (Å²) >= 11 is 3.39. The summed E-state index contributed by atoms with van der Waals surface area (Å²) in [6.07, 6.45) is 0.235. The summed E-state index contributed by atoms with van der Waals surface area (Å²) in [6, 6.07) is 13.0. The van der Waals surface area contributed by atoms with E-state index < -0.39 is 28.2 Å². The van der Waals surface area contributed by atoms with Gasteiger partial charge in [-0.2, -0.15) is 0 Å². The van der Waals surface area contributed by atoms with Gasteiger partial charge in [0.25, 0.3) is 0 Å². The number of ketones is 1. The number of hydrogen-bond acceptors (Lipinski definition) is 4. The molecule has 3 rings (SSSR count). The van der Waals surface area contributed by atoms with Crippen LogP contribution in [0, 0.1) is 12.7 Å². The molecule has 0 bridgehead atoms. The maximum atomic E-state index is 14.6.